The van der Waals surface area contributed by atoms with Gasteiger partial charge < -0.3 is 10.2 Å². The van der Waals surface area contributed by atoms with Crippen LogP contribution in [0.15, 0.2) is 18.2 Å². The summed E-state index contributed by atoms with van der Waals surface area (Å²) < 4.78 is 13.1. The van der Waals surface area contributed by atoms with Crippen LogP contribution in [0.2, 0.25) is 5.02 Å². The molecule has 0 saturated carbocycles. The van der Waals surface area contributed by atoms with E-state index in [1.165, 1.54) is 18.2 Å². The summed E-state index contributed by atoms with van der Waals surface area (Å²) in [5.74, 6) is -0.582. The van der Waals surface area contributed by atoms with Crippen molar-refractivity contribution in [1.29, 1.82) is 0 Å². The molecule has 1 aromatic carbocycles. The van der Waals surface area contributed by atoms with Crippen molar-refractivity contribution < 1.29 is 9.18 Å². The van der Waals surface area contributed by atoms with E-state index >= 15 is 0 Å². The standard InChI is InChI=1S/C15H21ClFN3O/c1-3-19-6-8-20(9-7-19)11(2)15(21)18-12-4-5-14(17)13(16)10-12/h4-5,10-11H,3,6-9H2,1-2H3,(H,18,21)/t11-/m1/s1. The molecule has 21 heavy (non-hydrogen) atoms. The van der Waals surface area contributed by atoms with Crippen LogP contribution in [0.4, 0.5) is 10.1 Å². The minimum absolute atomic E-state index is 0.0111. The topological polar surface area (TPSA) is 35.6 Å². The molecule has 6 heteroatoms. The Kier molecular flexibility index (Phi) is 5.56. The lowest BCUT2D eigenvalue weighted by atomic mass is 10.2. The number of carbonyl (C=O) groups is 1. The number of anilines is 1. The number of benzene rings is 1. The number of carbonyl (C=O) groups excluding carboxylic acids is 1. The molecule has 0 aromatic heterocycles. The molecule has 1 amide bonds. The monoisotopic (exact) mass is 313 g/mol. The molecule has 0 bridgehead atoms. The number of hydrogen-bond acceptors (Lipinski definition) is 3. The molecule has 0 radical (unpaired) electrons. The van der Waals surface area contributed by atoms with Gasteiger partial charge in [-0.2, -0.15) is 0 Å². The molecule has 0 aliphatic carbocycles. The molecule has 0 unspecified atom stereocenters. The van der Waals surface area contributed by atoms with Crippen molar-refractivity contribution in [3.8, 4) is 0 Å². The molecule has 4 nitrogen and oxygen atoms in total. The van der Waals surface area contributed by atoms with Crippen molar-refractivity contribution in [2.75, 3.05) is 38.0 Å². The van der Waals surface area contributed by atoms with Crippen LogP contribution >= 0.6 is 11.6 Å². The summed E-state index contributed by atoms with van der Waals surface area (Å²) in [6, 6.07) is 3.98. The zero-order valence-corrected chi connectivity index (χ0v) is 13.2. The van der Waals surface area contributed by atoms with Crippen LogP contribution < -0.4 is 5.32 Å². The fraction of sp³-hybridized carbons (Fsp3) is 0.533. The number of hydrogen-bond donors (Lipinski definition) is 1. The predicted molar refractivity (Wildman–Crippen MR) is 83.2 cm³/mol. The largest absolute Gasteiger partial charge is 0.325 e. The Labute approximate surface area is 129 Å². The van der Waals surface area contributed by atoms with Crippen molar-refractivity contribution in [3.05, 3.63) is 29.0 Å². The van der Waals surface area contributed by atoms with E-state index < -0.39 is 5.82 Å². The van der Waals surface area contributed by atoms with E-state index in [4.69, 9.17) is 11.6 Å². The highest BCUT2D eigenvalue weighted by atomic mass is 35.5. The molecule has 1 aromatic rings. The first-order valence-corrected chi connectivity index (χ1v) is 7.61. The minimum Gasteiger partial charge on any atom is -0.325 e. The second-order valence-electron chi connectivity index (χ2n) is 5.26. The van der Waals surface area contributed by atoms with Crippen LogP contribution in [0, 0.1) is 5.82 Å². The summed E-state index contributed by atoms with van der Waals surface area (Å²) in [5.41, 5.74) is 0.519. The van der Waals surface area contributed by atoms with Crippen LogP contribution in [-0.4, -0.2) is 54.5 Å². The molecule has 1 aliphatic rings. The van der Waals surface area contributed by atoms with Crippen molar-refractivity contribution in [2.45, 2.75) is 19.9 Å². The Balaban J connectivity index is 1.92. The van der Waals surface area contributed by atoms with Gasteiger partial charge in [-0.1, -0.05) is 18.5 Å². The van der Waals surface area contributed by atoms with Crippen LogP contribution in [0.25, 0.3) is 0 Å². The molecular weight excluding hydrogens is 293 g/mol. The summed E-state index contributed by atoms with van der Waals surface area (Å²) in [6.45, 7) is 8.81. The second-order valence-corrected chi connectivity index (χ2v) is 5.67. The average molecular weight is 314 g/mol. The molecule has 1 heterocycles. The van der Waals surface area contributed by atoms with Crippen molar-refractivity contribution in [2.24, 2.45) is 0 Å². The molecule has 2 rings (SSSR count). The minimum atomic E-state index is -0.488. The molecule has 0 spiro atoms. The van der Waals surface area contributed by atoms with E-state index in [1.807, 2.05) is 6.92 Å². The zero-order valence-electron chi connectivity index (χ0n) is 12.4. The first kappa shape index (κ1) is 16.2. The van der Waals surface area contributed by atoms with Crippen LogP contribution in [-0.2, 0) is 4.79 Å². The van der Waals surface area contributed by atoms with E-state index in [-0.39, 0.29) is 17.0 Å². The van der Waals surface area contributed by atoms with E-state index in [9.17, 15) is 9.18 Å². The highest BCUT2D eigenvalue weighted by molar-refractivity contribution is 6.31. The van der Waals surface area contributed by atoms with Gasteiger partial charge in [0.05, 0.1) is 11.1 Å². The van der Waals surface area contributed by atoms with Gasteiger partial charge in [-0.15, -0.1) is 0 Å². The van der Waals surface area contributed by atoms with Crippen LogP contribution in [0.5, 0.6) is 0 Å². The molecule has 116 valence electrons. The number of likely N-dealkylation sites (N-methyl/N-ethyl adjacent to an activating group) is 1. The third-order valence-electron chi connectivity index (χ3n) is 3.97. The summed E-state index contributed by atoms with van der Waals surface area (Å²) in [4.78, 5) is 16.8. The Morgan fingerprint density at radius 3 is 2.62 bits per heavy atom. The van der Waals surface area contributed by atoms with Gasteiger partial charge in [0.2, 0.25) is 5.91 Å². The van der Waals surface area contributed by atoms with Crippen molar-refractivity contribution >= 4 is 23.2 Å². The van der Waals surface area contributed by atoms with Gasteiger partial charge in [0.1, 0.15) is 5.82 Å². The summed E-state index contributed by atoms with van der Waals surface area (Å²) >= 11 is 5.72. The first-order valence-electron chi connectivity index (χ1n) is 7.23. The average Bonchev–Trinajstić information content (AvgIpc) is 2.50. The number of nitrogens with one attached hydrogen (secondary N) is 1. The smallest absolute Gasteiger partial charge is 0.241 e. The Morgan fingerprint density at radius 2 is 2.05 bits per heavy atom. The number of piperazine rings is 1. The van der Waals surface area contributed by atoms with Gasteiger partial charge in [-0.05, 0) is 31.7 Å². The zero-order chi connectivity index (χ0) is 15.4. The lowest BCUT2D eigenvalue weighted by Crippen LogP contribution is -2.52. The number of amides is 1. The number of rotatable bonds is 4. The number of halogens is 2. The normalized spacial score (nSPS) is 18.5. The molecule has 1 N–H and O–H groups in total. The third-order valence-corrected chi connectivity index (χ3v) is 4.26. The fourth-order valence-electron chi connectivity index (χ4n) is 2.45. The molecule has 1 saturated heterocycles. The maximum atomic E-state index is 13.1. The maximum Gasteiger partial charge on any atom is 0.241 e. The van der Waals surface area contributed by atoms with Gasteiger partial charge in [-0.25, -0.2) is 4.39 Å². The van der Waals surface area contributed by atoms with Crippen molar-refractivity contribution in [1.82, 2.24) is 9.80 Å². The SMILES string of the molecule is CCN1CCN([C@H](C)C(=O)Nc2ccc(F)c(Cl)c2)CC1. The lowest BCUT2D eigenvalue weighted by Gasteiger charge is -2.36. The van der Waals surface area contributed by atoms with Gasteiger partial charge in [0.15, 0.2) is 0 Å². The highest BCUT2D eigenvalue weighted by Crippen LogP contribution is 2.20. The Morgan fingerprint density at radius 1 is 1.38 bits per heavy atom. The van der Waals surface area contributed by atoms with E-state index in [2.05, 4.69) is 22.0 Å². The first-order chi connectivity index (χ1) is 10.0. The fourth-order valence-corrected chi connectivity index (χ4v) is 2.63. The number of nitrogens with zero attached hydrogens (tertiary/aromatic N) is 2. The van der Waals surface area contributed by atoms with Crippen LogP contribution in [0.1, 0.15) is 13.8 Å². The van der Waals surface area contributed by atoms with Gasteiger partial charge in [0.25, 0.3) is 0 Å². The molecular formula is C15H21ClFN3O. The van der Waals surface area contributed by atoms with Gasteiger partial charge in [0, 0.05) is 31.9 Å². The third kappa shape index (κ3) is 4.15. The maximum absolute atomic E-state index is 13.1. The van der Waals surface area contributed by atoms with Gasteiger partial charge in [-0.3, -0.25) is 9.69 Å². The molecule has 1 aliphatic heterocycles. The predicted octanol–water partition coefficient (Wildman–Crippen LogP) is 2.44. The van der Waals surface area contributed by atoms with E-state index in [1.54, 1.807) is 0 Å². The Hall–Kier alpha value is -1.17. The van der Waals surface area contributed by atoms with E-state index in [0.29, 0.717) is 5.69 Å². The molecule has 1 fully saturated rings. The second kappa shape index (κ2) is 7.20. The quantitative estimate of drug-likeness (QED) is 0.927. The van der Waals surface area contributed by atoms with E-state index in [0.717, 1.165) is 32.7 Å². The summed E-state index contributed by atoms with van der Waals surface area (Å²) in [7, 11) is 0. The van der Waals surface area contributed by atoms with Crippen molar-refractivity contribution in [3.63, 3.8) is 0 Å². The van der Waals surface area contributed by atoms with Crippen LogP contribution in [0.3, 0.4) is 0 Å². The summed E-state index contributed by atoms with van der Waals surface area (Å²) in [6.07, 6.45) is 0. The molecule has 1 atom stereocenters. The Bertz CT molecular complexity index is 504. The highest BCUT2D eigenvalue weighted by Gasteiger charge is 2.25. The lowest BCUT2D eigenvalue weighted by molar-refractivity contribution is -0.121. The van der Waals surface area contributed by atoms with Gasteiger partial charge >= 0.3 is 0 Å². The summed E-state index contributed by atoms with van der Waals surface area (Å²) in [5, 5.41) is 2.80.